The molecule has 106 valence electrons. The highest BCUT2D eigenvalue weighted by Gasteiger charge is 2.10. The number of methoxy groups -OCH3 is 1. The monoisotopic (exact) mass is 336 g/mol. The average molecular weight is 337 g/mol. The van der Waals surface area contributed by atoms with Crippen LogP contribution in [0.3, 0.4) is 0 Å². The molecule has 1 atom stereocenters. The summed E-state index contributed by atoms with van der Waals surface area (Å²) >= 11 is 3.41. The van der Waals surface area contributed by atoms with Gasteiger partial charge in [0.2, 0.25) is 0 Å². The fraction of sp³-hybridized carbons (Fsp3) is 0.250. The minimum atomic E-state index is -0.691. The van der Waals surface area contributed by atoms with Gasteiger partial charge in [-0.3, -0.25) is 0 Å². The van der Waals surface area contributed by atoms with Gasteiger partial charge in [0.1, 0.15) is 24.2 Å². The Bertz CT molecular complexity index is 584. The summed E-state index contributed by atoms with van der Waals surface area (Å²) in [4.78, 5) is 0. The lowest BCUT2D eigenvalue weighted by molar-refractivity contribution is 0.107. The van der Waals surface area contributed by atoms with Gasteiger partial charge in [-0.1, -0.05) is 34.1 Å². The quantitative estimate of drug-likeness (QED) is 0.900. The minimum Gasteiger partial charge on any atom is -0.497 e. The molecule has 0 radical (unpaired) electrons. The van der Waals surface area contributed by atoms with Crippen molar-refractivity contribution in [3.63, 3.8) is 0 Å². The van der Waals surface area contributed by atoms with Crippen LogP contribution >= 0.6 is 15.9 Å². The molecule has 0 saturated carbocycles. The number of benzene rings is 2. The smallest absolute Gasteiger partial charge is 0.123 e. The maximum Gasteiger partial charge on any atom is 0.123 e. The summed E-state index contributed by atoms with van der Waals surface area (Å²) in [6.07, 6.45) is -0.691. The van der Waals surface area contributed by atoms with Crippen molar-refractivity contribution < 1.29 is 14.6 Å². The van der Waals surface area contributed by atoms with E-state index in [1.165, 1.54) is 0 Å². The molecule has 1 N–H and O–H groups in total. The third kappa shape index (κ3) is 3.74. The van der Waals surface area contributed by atoms with Gasteiger partial charge in [-0.25, -0.2) is 0 Å². The fourth-order valence-electron chi connectivity index (χ4n) is 1.84. The van der Waals surface area contributed by atoms with Crippen molar-refractivity contribution in [2.24, 2.45) is 0 Å². The van der Waals surface area contributed by atoms with Gasteiger partial charge in [-0.2, -0.15) is 0 Å². The summed E-state index contributed by atoms with van der Waals surface area (Å²) in [5, 5.41) is 10.2. The molecule has 4 heteroatoms. The molecular weight excluding hydrogens is 320 g/mol. The maximum absolute atomic E-state index is 10.2. The third-order valence-corrected chi connectivity index (χ3v) is 3.52. The van der Waals surface area contributed by atoms with E-state index >= 15 is 0 Å². The van der Waals surface area contributed by atoms with E-state index in [1.807, 2.05) is 49.4 Å². The lowest BCUT2D eigenvalue weighted by Crippen LogP contribution is -2.10. The van der Waals surface area contributed by atoms with Crippen LogP contribution in [0.1, 0.15) is 17.2 Å². The highest BCUT2D eigenvalue weighted by atomic mass is 79.9. The Labute approximate surface area is 127 Å². The highest BCUT2D eigenvalue weighted by molar-refractivity contribution is 9.10. The maximum atomic E-state index is 10.2. The van der Waals surface area contributed by atoms with E-state index in [-0.39, 0.29) is 6.61 Å². The molecule has 0 aliphatic heterocycles. The van der Waals surface area contributed by atoms with Crippen molar-refractivity contribution in [3.05, 3.63) is 58.1 Å². The first-order valence-electron chi connectivity index (χ1n) is 6.31. The predicted molar refractivity (Wildman–Crippen MR) is 82.3 cm³/mol. The van der Waals surface area contributed by atoms with Gasteiger partial charge in [0, 0.05) is 4.47 Å². The first-order valence-corrected chi connectivity index (χ1v) is 7.10. The number of aliphatic hydroxyl groups excluding tert-OH is 1. The molecule has 0 aromatic heterocycles. The molecule has 0 spiro atoms. The Hall–Kier alpha value is -1.52. The SMILES string of the molecule is COc1cccc(C(O)COc2cc(Br)ccc2C)c1. The van der Waals surface area contributed by atoms with Crippen molar-refractivity contribution in [1.29, 1.82) is 0 Å². The summed E-state index contributed by atoms with van der Waals surface area (Å²) in [6, 6.07) is 13.2. The molecule has 0 aliphatic rings. The van der Waals surface area contributed by atoms with Crippen LogP contribution in [-0.4, -0.2) is 18.8 Å². The minimum absolute atomic E-state index is 0.199. The number of hydrogen-bond acceptors (Lipinski definition) is 3. The zero-order chi connectivity index (χ0) is 14.5. The number of aliphatic hydroxyl groups is 1. The fourth-order valence-corrected chi connectivity index (χ4v) is 2.18. The van der Waals surface area contributed by atoms with E-state index in [9.17, 15) is 5.11 Å². The van der Waals surface area contributed by atoms with Crippen molar-refractivity contribution in [1.82, 2.24) is 0 Å². The Kier molecular flexibility index (Phi) is 5.04. The van der Waals surface area contributed by atoms with Gasteiger partial charge in [-0.05, 0) is 42.3 Å². The Morgan fingerprint density at radius 1 is 1.20 bits per heavy atom. The molecule has 3 nitrogen and oxygen atoms in total. The van der Waals surface area contributed by atoms with Gasteiger partial charge in [0.15, 0.2) is 0 Å². The molecule has 0 heterocycles. The summed E-state index contributed by atoms with van der Waals surface area (Å²) in [7, 11) is 1.60. The number of rotatable bonds is 5. The number of halogens is 1. The third-order valence-electron chi connectivity index (χ3n) is 3.03. The van der Waals surface area contributed by atoms with E-state index in [0.717, 1.165) is 27.1 Å². The molecule has 0 saturated heterocycles. The zero-order valence-electron chi connectivity index (χ0n) is 11.5. The summed E-state index contributed by atoms with van der Waals surface area (Å²) in [5.74, 6) is 1.49. The van der Waals surface area contributed by atoms with Gasteiger partial charge < -0.3 is 14.6 Å². The molecule has 0 amide bonds. The summed E-state index contributed by atoms with van der Waals surface area (Å²) in [5.41, 5.74) is 1.81. The van der Waals surface area contributed by atoms with Crippen molar-refractivity contribution in [2.75, 3.05) is 13.7 Å². The van der Waals surface area contributed by atoms with Crippen LogP contribution in [0.2, 0.25) is 0 Å². The van der Waals surface area contributed by atoms with Crippen molar-refractivity contribution in [2.45, 2.75) is 13.0 Å². The molecule has 2 rings (SSSR count). The standard InChI is InChI=1S/C16H17BrO3/c1-11-6-7-13(17)9-16(11)20-10-15(18)12-4-3-5-14(8-12)19-2/h3-9,15,18H,10H2,1-2H3. The van der Waals surface area contributed by atoms with Crippen LogP contribution < -0.4 is 9.47 Å². The van der Waals surface area contributed by atoms with E-state index < -0.39 is 6.10 Å². The van der Waals surface area contributed by atoms with Crippen LogP contribution in [-0.2, 0) is 0 Å². The molecule has 1 unspecified atom stereocenters. The molecule has 20 heavy (non-hydrogen) atoms. The molecule has 2 aromatic rings. The number of aryl methyl sites for hydroxylation is 1. The molecule has 0 aliphatic carbocycles. The second-order valence-corrected chi connectivity index (χ2v) is 5.43. The average Bonchev–Trinajstić information content (AvgIpc) is 2.48. The molecule has 2 aromatic carbocycles. The largest absolute Gasteiger partial charge is 0.497 e. The second kappa shape index (κ2) is 6.77. The van der Waals surface area contributed by atoms with Gasteiger partial charge in [0.05, 0.1) is 7.11 Å². The van der Waals surface area contributed by atoms with E-state index in [4.69, 9.17) is 9.47 Å². The van der Waals surface area contributed by atoms with Crippen molar-refractivity contribution in [3.8, 4) is 11.5 Å². The lowest BCUT2D eigenvalue weighted by atomic mass is 10.1. The Morgan fingerprint density at radius 2 is 2.00 bits per heavy atom. The summed E-state index contributed by atoms with van der Waals surface area (Å²) in [6.45, 7) is 2.17. The van der Waals surface area contributed by atoms with Crippen molar-refractivity contribution >= 4 is 15.9 Å². The van der Waals surface area contributed by atoms with Gasteiger partial charge >= 0.3 is 0 Å². The first kappa shape index (κ1) is 14.9. The number of ether oxygens (including phenoxy) is 2. The second-order valence-electron chi connectivity index (χ2n) is 4.51. The van der Waals surface area contributed by atoms with Gasteiger partial charge in [0.25, 0.3) is 0 Å². The lowest BCUT2D eigenvalue weighted by Gasteiger charge is -2.15. The van der Waals surface area contributed by atoms with Crippen LogP contribution in [0.15, 0.2) is 46.9 Å². The normalized spacial score (nSPS) is 12.0. The molecular formula is C16H17BrO3. The van der Waals surface area contributed by atoms with Crippen LogP contribution in [0.25, 0.3) is 0 Å². The predicted octanol–water partition coefficient (Wildman–Crippen LogP) is 3.88. The molecule has 0 bridgehead atoms. The van der Waals surface area contributed by atoms with E-state index in [1.54, 1.807) is 7.11 Å². The van der Waals surface area contributed by atoms with Crippen LogP contribution in [0, 0.1) is 6.92 Å². The van der Waals surface area contributed by atoms with Crippen LogP contribution in [0.4, 0.5) is 0 Å². The van der Waals surface area contributed by atoms with Gasteiger partial charge in [-0.15, -0.1) is 0 Å². The molecule has 0 fully saturated rings. The van der Waals surface area contributed by atoms with Crippen LogP contribution in [0.5, 0.6) is 11.5 Å². The summed E-state index contributed by atoms with van der Waals surface area (Å²) < 4.78 is 11.8. The highest BCUT2D eigenvalue weighted by Crippen LogP contribution is 2.25. The topological polar surface area (TPSA) is 38.7 Å². The first-order chi connectivity index (χ1) is 9.60. The van der Waals surface area contributed by atoms with E-state index in [0.29, 0.717) is 0 Å². The number of hydrogen-bond donors (Lipinski definition) is 1. The van der Waals surface area contributed by atoms with E-state index in [2.05, 4.69) is 15.9 Å². The zero-order valence-corrected chi connectivity index (χ0v) is 13.1. The Morgan fingerprint density at radius 3 is 2.75 bits per heavy atom. The Balaban J connectivity index is 2.04.